The van der Waals surface area contributed by atoms with Crippen molar-refractivity contribution < 1.29 is 14.5 Å². The summed E-state index contributed by atoms with van der Waals surface area (Å²) in [6.07, 6.45) is 3.34. The second-order valence-corrected chi connectivity index (χ2v) is 7.11. The van der Waals surface area contributed by atoms with Crippen LogP contribution in [0.2, 0.25) is 0 Å². The number of likely N-dealkylation sites (tertiary alicyclic amines) is 1. The lowest BCUT2D eigenvalue weighted by atomic mass is 10.00. The number of anilines is 1. The molecule has 3 atom stereocenters. The van der Waals surface area contributed by atoms with E-state index >= 15 is 0 Å². The molecule has 134 valence electrons. The first kappa shape index (κ1) is 17.4. The Morgan fingerprint density at radius 3 is 2.68 bits per heavy atom. The average Bonchev–Trinajstić information content (AvgIpc) is 3.32. The van der Waals surface area contributed by atoms with Crippen molar-refractivity contribution in [1.82, 2.24) is 4.90 Å². The van der Waals surface area contributed by atoms with Crippen molar-refractivity contribution in [2.24, 2.45) is 11.8 Å². The van der Waals surface area contributed by atoms with Gasteiger partial charge >= 0.3 is 0 Å². The molecule has 0 bridgehead atoms. The van der Waals surface area contributed by atoms with E-state index in [9.17, 15) is 19.7 Å². The predicted octanol–water partition coefficient (Wildman–Crippen LogP) is 2.88. The van der Waals surface area contributed by atoms with Crippen molar-refractivity contribution >= 4 is 23.2 Å². The summed E-state index contributed by atoms with van der Waals surface area (Å²) < 4.78 is 0. The van der Waals surface area contributed by atoms with E-state index in [0.29, 0.717) is 24.6 Å². The lowest BCUT2D eigenvalue weighted by Crippen LogP contribution is -2.50. The van der Waals surface area contributed by atoms with Crippen LogP contribution in [-0.4, -0.2) is 34.2 Å². The third kappa shape index (κ3) is 3.65. The van der Waals surface area contributed by atoms with E-state index in [4.69, 9.17) is 0 Å². The minimum atomic E-state index is -0.493. The molecule has 0 spiro atoms. The number of hydrogen-bond acceptors (Lipinski definition) is 4. The van der Waals surface area contributed by atoms with Crippen LogP contribution in [0.3, 0.4) is 0 Å². The first-order valence-corrected chi connectivity index (χ1v) is 8.75. The molecule has 1 aromatic rings. The minimum Gasteiger partial charge on any atom is -0.330 e. The zero-order valence-corrected chi connectivity index (χ0v) is 14.5. The van der Waals surface area contributed by atoms with Crippen LogP contribution in [0, 0.1) is 28.9 Å². The van der Waals surface area contributed by atoms with Gasteiger partial charge in [0.15, 0.2) is 0 Å². The maximum atomic E-state index is 12.8. The lowest BCUT2D eigenvalue weighted by Gasteiger charge is -2.35. The first-order valence-electron chi connectivity index (χ1n) is 8.75. The van der Waals surface area contributed by atoms with Crippen LogP contribution in [0.5, 0.6) is 0 Å². The number of carbonyl (C=O) groups is 2. The normalized spacial score (nSPS) is 25.4. The number of carbonyl (C=O) groups excluding carboxylic acids is 2. The van der Waals surface area contributed by atoms with Gasteiger partial charge in [0.25, 0.3) is 5.69 Å². The maximum Gasteiger partial charge on any atom is 0.271 e. The summed E-state index contributed by atoms with van der Waals surface area (Å²) >= 11 is 0. The van der Waals surface area contributed by atoms with E-state index in [1.54, 1.807) is 17.9 Å². The third-order valence-corrected chi connectivity index (χ3v) is 5.21. The smallest absolute Gasteiger partial charge is 0.271 e. The number of nitro benzene ring substituents is 1. The summed E-state index contributed by atoms with van der Waals surface area (Å²) in [7, 11) is 0. The summed E-state index contributed by atoms with van der Waals surface area (Å²) in [4.78, 5) is 37.5. The van der Waals surface area contributed by atoms with Crippen molar-refractivity contribution in [2.75, 3.05) is 11.9 Å². The van der Waals surface area contributed by atoms with Crippen molar-refractivity contribution in [1.29, 1.82) is 0 Å². The molecule has 7 heteroatoms. The molecule has 25 heavy (non-hydrogen) atoms. The van der Waals surface area contributed by atoms with E-state index in [1.165, 1.54) is 12.1 Å². The monoisotopic (exact) mass is 345 g/mol. The first-order chi connectivity index (χ1) is 11.9. The van der Waals surface area contributed by atoms with Crippen molar-refractivity contribution in [3.8, 4) is 0 Å². The van der Waals surface area contributed by atoms with Crippen LogP contribution in [-0.2, 0) is 9.59 Å². The van der Waals surface area contributed by atoms with Crippen molar-refractivity contribution in [3.05, 3.63) is 33.9 Å². The van der Waals surface area contributed by atoms with Gasteiger partial charge in [0.2, 0.25) is 11.8 Å². The molecule has 2 aliphatic rings. The molecule has 1 heterocycles. The van der Waals surface area contributed by atoms with Crippen LogP contribution in [0.4, 0.5) is 11.4 Å². The second kappa shape index (κ2) is 6.82. The molecule has 3 rings (SSSR count). The summed E-state index contributed by atoms with van der Waals surface area (Å²) in [6.45, 7) is 4.44. The molecule has 1 aliphatic heterocycles. The topological polar surface area (TPSA) is 92.6 Å². The predicted molar refractivity (Wildman–Crippen MR) is 93.1 cm³/mol. The van der Waals surface area contributed by atoms with Gasteiger partial charge in [-0.2, -0.15) is 0 Å². The van der Waals surface area contributed by atoms with Gasteiger partial charge in [-0.25, -0.2) is 0 Å². The summed E-state index contributed by atoms with van der Waals surface area (Å²) in [5.41, 5.74) is 1.12. The summed E-state index contributed by atoms with van der Waals surface area (Å²) in [5, 5.41) is 13.7. The summed E-state index contributed by atoms with van der Waals surface area (Å²) in [6, 6.07) is 3.90. The molecule has 0 unspecified atom stereocenters. The van der Waals surface area contributed by atoms with Gasteiger partial charge in [-0.1, -0.05) is 13.0 Å². The average molecular weight is 345 g/mol. The highest BCUT2D eigenvalue weighted by Gasteiger charge is 2.44. The van der Waals surface area contributed by atoms with Crippen LogP contribution < -0.4 is 5.32 Å². The number of piperidine rings is 1. The van der Waals surface area contributed by atoms with Crippen LogP contribution in [0.15, 0.2) is 18.2 Å². The number of non-ortho nitro benzene ring substituents is 1. The summed E-state index contributed by atoms with van der Waals surface area (Å²) in [5.74, 6) is 0.262. The van der Waals surface area contributed by atoms with E-state index in [1.807, 2.05) is 6.92 Å². The fraction of sp³-hybridized carbons (Fsp3) is 0.556. The molecule has 0 radical (unpaired) electrons. The van der Waals surface area contributed by atoms with Gasteiger partial charge in [0, 0.05) is 24.6 Å². The van der Waals surface area contributed by atoms with Gasteiger partial charge in [-0.05, 0) is 44.1 Å². The van der Waals surface area contributed by atoms with E-state index in [0.717, 1.165) is 24.8 Å². The lowest BCUT2D eigenvalue weighted by molar-refractivity contribution is -0.384. The second-order valence-electron chi connectivity index (χ2n) is 7.11. The molecule has 1 N–H and O–H groups in total. The Hall–Kier alpha value is -2.44. The molecule has 1 aliphatic carbocycles. The molecule has 1 aromatic carbocycles. The number of hydrogen-bond donors (Lipinski definition) is 1. The van der Waals surface area contributed by atoms with E-state index in [-0.39, 0.29) is 23.4 Å². The number of nitrogens with zero attached hydrogens (tertiary/aromatic N) is 2. The minimum absolute atomic E-state index is 0.0490. The molecular weight excluding hydrogens is 322 g/mol. The number of aryl methyl sites for hydroxylation is 1. The highest BCUT2D eigenvalue weighted by atomic mass is 16.6. The third-order valence-electron chi connectivity index (χ3n) is 5.21. The Labute approximate surface area is 146 Å². The Morgan fingerprint density at radius 1 is 1.32 bits per heavy atom. The molecule has 7 nitrogen and oxygen atoms in total. The standard InChI is InChI=1S/C18H23N3O4/c1-11-6-7-13(21(24)25)10-15(11)19-17(22)16-5-3-4-8-20(16)18(23)14-9-12(14)2/h6-7,10,12,14,16H,3-5,8-9H2,1-2H3,(H,19,22)/t12-,14+,16-/m0/s1. The number of benzene rings is 1. The fourth-order valence-electron chi connectivity index (χ4n) is 3.42. The van der Waals surface area contributed by atoms with E-state index in [2.05, 4.69) is 5.32 Å². The number of amides is 2. The Bertz CT molecular complexity index is 718. The maximum absolute atomic E-state index is 12.8. The van der Waals surface area contributed by atoms with Crippen LogP contribution in [0.1, 0.15) is 38.2 Å². The Kier molecular flexibility index (Phi) is 4.74. The van der Waals surface area contributed by atoms with Gasteiger partial charge in [-0.3, -0.25) is 19.7 Å². The SMILES string of the molecule is Cc1ccc([N+](=O)[O-])cc1NC(=O)[C@@H]1CCCCN1C(=O)[C@@H]1C[C@@H]1C. The quantitative estimate of drug-likeness (QED) is 0.671. The highest BCUT2D eigenvalue weighted by Crippen LogP contribution is 2.40. The largest absolute Gasteiger partial charge is 0.330 e. The fourth-order valence-corrected chi connectivity index (χ4v) is 3.42. The van der Waals surface area contributed by atoms with Crippen molar-refractivity contribution in [2.45, 2.75) is 45.6 Å². The van der Waals surface area contributed by atoms with Gasteiger partial charge in [0.05, 0.1) is 10.6 Å². The number of nitro groups is 1. The Balaban J connectivity index is 1.76. The van der Waals surface area contributed by atoms with Crippen LogP contribution in [0.25, 0.3) is 0 Å². The number of rotatable bonds is 4. The zero-order chi connectivity index (χ0) is 18.1. The molecular formula is C18H23N3O4. The Morgan fingerprint density at radius 2 is 2.04 bits per heavy atom. The van der Waals surface area contributed by atoms with Gasteiger partial charge in [0.1, 0.15) is 6.04 Å². The molecule has 2 fully saturated rings. The van der Waals surface area contributed by atoms with Gasteiger partial charge in [-0.15, -0.1) is 0 Å². The molecule has 2 amide bonds. The highest BCUT2D eigenvalue weighted by molar-refractivity contribution is 5.98. The number of nitrogens with one attached hydrogen (secondary N) is 1. The molecule has 0 aromatic heterocycles. The zero-order valence-electron chi connectivity index (χ0n) is 14.5. The molecule has 1 saturated carbocycles. The van der Waals surface area contributed by atoms with Crippen LogP contribution >= 0.6 is 0 Å². The van der Waals surface area contributed by atoms with Crippen molar-refractivity contribution in [3.63, 3.8) is 0 Å². The van der Waals surface area contributed by atoms with Gasteiger partial charge < -0.3 is 10.2 Å². The van der Waals surface area contributed by atoms with E-state index < -0.39 is 11.0 Å². The molecule has 1 saturated heterocycles.